The van der Waals surface area contributed by atoms with Gasteiger partial charge in [-0.05, 0) is 55.5 Å². The Morgan fingerprint density at radius 1 is 1.06 bits per heavy atom. The molecule has 3 aromatic rings. The highest BCUT2D eigenvalue weighted by atomic mass is 16.2. The molecule has 1 spiro atoms. The lowest BCUT2D eigenvalue weighted by molar-refractivity contribution is -0.154. The third-order valence-electron chi connectivity index (χ3n) is 7.52. The number of hydrogen-bond acceptors (Lipinski definition) is 5. The molecule has 4 heterocycles. The summed E-state index contributed by atoms with van der Waals surface area (Å²) in [4.78, 5) is 48.8. The predicted octanol–water partition coefficient (Wildman–Crippen LogP) is 3.72. The molecule has 4 amide bonds. The lowest BCUT2D eigenvalue weighted by atomic mass is 9.66. The molecule has 1 N–H and O–H groups in total. The molecule has 6 rings (SSSR count). The number of benzene rings is 2. The van der Waals surface area contributed by atoms with Crippen LogP contribution in [0.15, 0.2) is 54.6 Å². The lowest BCUT2D eigenvalue weighted by Crippen LogP contribution is -2.72. The molecular weight excluding hydrogens is 428 g/mol. The van der Waals surface area contributed by atoms with E-state index in [1.807, 2.05) is 49.4 Å². The normalized spacial score (nSPS) is 24.3. The third kappa shape index (κ3) is 3.03. The number of urea groups is 1. The molecule has 1 aromatic heterocycles. The van der Waals surface area contributed by atoms with Gasteiger partial charge in [-0.1, -0.05) is 42.0 Å². The number of rotatable bonds is 2. The Kier molecular flexibility index (Phi) is 4.69. The summed E-state index contributed by atoms with van der Waals surface area (Å²) in [6, 6.07) is 16.6. The molecule has 0 saturated carbocycles. The highest BCUT2D eigenvalue weighted by molar-refractivity contribution is 6.20. The van der Waals surface area contributed by atoms with E-state index in [1.54, 1.807) is 0 Å². The molecule has 2 atom stereocenters. The molecule has 2 fully saturated rings. The number of piperidine rings is 1. The van der Waals surface area contributed by atoms with Crippen molar-refractivity contribution in [3.05, 3.63) is 71.3 Å². The van der Waals surface area contributed by atoms with Gasteiger partial charge in [-0.3, -0.25) is 19.8 Å². The van der Waals surface area contributed by atoms with Crippen molar-refractivity contribution in [2.24, 2.45) is 5.41 Å². The fourth-order valence-corrected chi connectivity index (χ4v) is 5.89. The summed E-state index contributed by atoms with van der Waals surface area (Å²) < 4.78 is 0. The van der Waals surface area contributed by atoms with Gasteiger partial charge in [-0.25, -0.2) is 9.78 Å². The van der Waals surface area contributed by atoms with E-state index in [0.29, 0.717) is 6.42 Å². The number of amides is 4. The van der Waals surface area contributed by atoms with E-state index >= 15 is 0 Å². The van der Waals surface area contributed by atoms with Crippen LogP contribution in [0, 0.1) is 12.3 Å². The molecule has 0 bridgehead atoms. The number of nitrogens with one attached hydrogen (secondary N) is 1. The summed E-state index contributed by atoms with van der Waals surface area (Å²) in [5.74, 6) is -0.0329. The molecule has 0 unspecified atom stereocenters. The van der Waals surface area contributed by atoms with Gasteiger partial charge in [-0.15, -0.1) is 0 Å². The Labute approximate surface area is 197 Å². The summed E-state index contributed by atoms with van der Waals surface area (Å²) in [5.41, 5.74) is 2.41. The number of aromatic nitrogens is 1. The van der Waals surface area contributed by atoms with E-state index in [1.165, 1.54) is 4.90 Å². The summed E-state index contributed by atoms with van der Waals surface area (Å²) in [6.45, 7) is 2.90. The topological polar surface area (TPSA) is 82.6 Å². The Morgan fingerprint density at radius 2 is 1.88 bits per heavy atom. The SMILES string of the molecule is Cc1ccc2nc3c(cc2c1)C[C@@]1(C(=O)NC(=O)N(Cc2ccccc2)C1=O)[C@@H]1CCCCN31. The van der Waals surface area contributed by atoms with Crippen LogP contribution in [-0.4, -0.2) is 40.3 Å². The zero-order valence-electron chi connectivity index (χ0n) is 19.1. The molecule has 7 nitrogen and oxygen atoms in total. The molecule has 3 aliphatic rings. The summed E-state index contributed by atoms with van der Waals surface area (Å²) in [5, 5.41) is 3.52. The van der Waals surface area contributed by atoms with Gasteiger partial charge >= 0.3 is 6.03 Å². The van der Waals surface area contributed by atoms with E-state index < -0.39 is 23.3 Å². The minimum absolute atomic E-state index is 0.134. The Morgan fingerprint density at radius 3 is 2.71 bits per heavy atom. The van der Waals surface area contributed by atoms with Crippen LogP contribution in [0.4, 0.5) is 10.6 Å². The molecule has 0 radical (unpaired) electrons. The van der Waals surface area contributed by atoms with Crippen molar-refractivity contribution in [1.29, 1.82) is 0 Å². The molecule has 0 aliphatic carbocycles. The second kappa shape index (κ2) is 7.65. The van der Waals surface area contributed by atoms with Gasteiger partial charge in [0, 0.05) is 18.4 Å². The Hall–Kier alpha value is -3.74. The first-order chi connectivity index (χ1) is 16.5. The van der Waals surface area contributed by atoms with E-state index in [0.717, 1.165) is 52.8 Å². The number of carbonyl (C=O) groups is 3. The number of anilines is 1. The number of aryl methyl sites for hydroxylation is 1. The van der Waals surface area contributed by atoms with Crippen molar-refractivity contribution in [2.45, 2.75) is 45.2 Å². The van der Waals surface area contributed by atoms with Crippen LogP contribution in [0.1, 0.15) is 36.0 Å². The predicted molar refractivity (Wildman–Crippen MR) is 128 cm³/mol. The van der Waals surface area contributed by atoms with Crippen molar-refractivity contribution >= 4 is 34.6 Å². The zero-order chi connectivity index (χ0) is 23.4. The first-order valence-electron chi connectivity index (χ1n) is 11.9. The van der Waals surface area contributed by atoms with Crippen molar-refractivity contribution < 1.29 is 14.4 Å². The van der Waals surface area contributed by atoms with Gasteiger partial charge in [-0.2, -0.15) is 0 Å². The summed E-state index contributed by atoms with van der Waals surface area (Å²) in [6.07, 6.45) is 2.85. The number of carbonyl (C=O) groups excluding carboxylic acids is 3. The lowest BCUT2D eigenvalue weighted by Gasteiger charge is -2.53. The first-order valence-corrected chi connectivity index (χ1v) is 11.9. The Bertz CT molecular complexity index is 1340. The largest absolute Gasteiger partial charge is 0.352 e. The average molecular weight is 455 g/mol. The third-order valence-corrected chi connectivity index (χ3v) is 7.52. The van der Waals surface area contributed by atoms with Crippen LogP contribution in [0.2, 0.25) is 0 Å². The highest BCUT2D eigenvalue weighted by Crippen LogP contribution is 2.47. The maximum Gasteiger partial charge on any atom is 0.331 e. The van der Waals surface area contributed by atoms with Crippen molar-refractivity contribution in [1.82, 2.24) is 15.2 Å². The number of barbiturate groups is 1. The van der Waals surface area contributed by atoms with Crippen LogP contribution in [0.25, 0.3) is 10.9 Å². The van der Waals surface area contributed by atoms with E-state index in [4.69, 9.17) is 4.98 Å². The average Bonchev–Trinajstić information content (AvgIpc) is 2.85. The van der Waals surface area contributed by atoms with Crippen molar-refractivity contribution in [2.75, 3.05) is 11.4 Å². The maximum absolute atomic E-state index is 14.1. The minimum Gasteiger partial charge on any atom is -0.352 e. The molecular formula is C27H26N4O3. The molecule has 2 aromatic carbocycles. The van der Waals surface area contributed by atoms with E-state index in [9.17, 15) is 14.4 Å². The van der Waals surface area contributed by atoms with Crippen molar-refractivity contribution in [3.8, 4) is 0 Å². The van der Waals surface area contributed by atoms with E-state index in [-0.39, 0.29) is 19.0 Å². The monoisotopic (exact) mass is 454 g/mol. The van der Waals surface area contributed by atoms with Crippen LogP contribution in [0.5, 0.6) is 0 Å². The van der Waals surface area contributed by atoms with Gasteiger partial charge in [0.1, 0.15) is 5.82 Å². The molecule has 2 saturated heterocycles. The van der Waals surface area contributed by atoms with Gasteiger partial charge in [0.25, 0.3) is 0 Å². The second-order valence-electron chi connectivity index (χ2n) is 9.66. The molecule has 3 aliphatic heterocycles. The molecule has 34 heavy (non-hydrogen) atoms. The minimum atomic E-state index is -1.35. The Balaban J connectivity index is 1.48. The number of nitrogens with zero attached hydrogens (tertiary/aromatic N) is 3. The maximum atomic E-state index is 14.1. The number of hydrogen-bond donors (Lipinski definition) is 1. The van der Waals surface area contributed by atoms with Crippen LogP contribution in [-0.2, 0) is 22.6 Å². The number of imide groups is 2. The van der Waals surface area contributed by atoms with Crippen LogP contribution in [0.3, 0.4) is 0 Å². The number of fused-ring (bicyclic) bond motifs is 5. The summed E-state index contributed by atoms with van der Waals surface area (Å²) in [7, 11) is 0. The zero-order valence-corrected chi connectivity index (χ0v) is 19.1. The quantitative estimate of drug-likeness (QED) is 0.597. The molecule has 7 heteroatoms. The highest BCUT2D eigenvalue weighted by Gasteiger charge is 2.62. The second-order valence-corrected chi connectivity index (χ2v) is 9.66. The smallest absolute Gasteiger partial charge is 0.331 e. The van der Waals surface area contributed by atoms with Crippen molar-refractivity contribution in [3.63, 3.8) is 0 Å². The van der Waals surface area contributed by atoms with Crippen LogP contribution >= 0.6 is 0 Å². The fraction of sp³-hybridized carbons (Fsp3) is 0.333. The standard InChI is InChI=1S/C27H26N4O3/c1-17-10-11-21-19(13-17)14-20-15-27(22-9-5-6-12-30(22)23(20)28-21)24(32)29-26(34)31(25(27)33)16-18-7-3-2-4-8-18/h2-4,7-8,10-11,13-14,22H,5-6,9,12,15-16H2,1H3,(H,29,32,34)/t22-,27-/m0/s1. The fourth-order valence-electron chi connectivity index (χ4n) is 5.89. The van der Waals surface area contributed by atoms with Gasteiger partial charge in [0.05, 0.1) is 18.1 Å². The van der Waals surface area contributed by atoms with Gasteiger partial charge in [0.2, 0.25) is 11.8 Å². The van der Waals surface area contributed by atoms with Gasteiger partial charge in [0.15, 0.2) is 5.41 Å². The number of pyridine rings is 1. The van der Waals surface area contributed by atoms with Gasteiger partial charge < -0.3 is 4.90 Å². The van der Waals surface area contributed by atoms with Crippen LogP contribution < -0.4 is 10.2 Å². The summed E-state index contributed by atoms with van der Waals surface area (Å²) >= 11 is 0. The molecule has 172 valence electrons. The van der Waals surface area contributed by atoms with E-state index in [2.05, 4.69) is 22.3 Å². The first kappa shape index (κ1) is 20.8.